The summed E-state index contributed by atoms with van der Waals surface area (Å²) in [6.07, 6.45) is 5.97. The second-order valence-electron chi connectivity index (χ2n) is 6.44. The van der Waals surface area contributed by atoms with E-state index in [4.69, 9.17) is 0 Å². The number of pyridine rings is 1. The molecule has 0 saturated carbocycles. The zero-order valence-corrected chi connectivity index (χ0v) is 14.1. The van der Waals surface area contributed by atoms with Crippen molar-refractivity contribution in [1.29, 1.82) is 0 Å². The number of fused-ring (bicyclic) bond motifs is 1. The van der Waals surface area contributed by atoms with Crippen molar-refractivity contribution in [3.63, 3.8) is 0 Å². The molecule has 1 aromatic carbocycles. The van der Waals surface area contributed by atoms with Gasteiger partial charge in [-0.1, -0.05) is 31.2 Å². The second kappa shape index (κ2) is 7.58. The number of carbonyl (C=O) groups is 1. The van der Waals surface area contributed by atoms with Crippen LogP contribution in [0.5, 0.6) is 0 Å². The lowest BCUT2D eigenvalue weighted by molar-refractivity contribution is 0.0692. The summed E-state index contributed by atoms with van der Waals surface area (Å²) >= 11 is 0. The van der Waals surface area contributed by atoms with Gasteiger partial charge in [0.1, 0.15) is 0 Å². The molecule has 0 radical (unpaired) electrons. The molecule has 1 N–H and O–H groups in total. The Morgan fingerprint density at radius 1 is 1.25 bits per heavy atom. The van der Waals surface area contributed by atoms with Gasteiger partial charge in [-0.15, -0.1) is 0 Å². The molecule has 0 saturated heterocycles. The Labute approximate surface area is 143 Å². The molecule has 24 heavy (non-hydrogen) atoms. The molecular formula is C20H24N2O2. The van der Waals surface area contributed by atoms with Crippen molar-refractivity contribution in [3.05, 3.63) is 65.0 Å². The smallest absolute Gasteiger partial charge is 0.337 e. The third-order valence-corrected chi connectivity index (χ3v) is 4.82. The van der Waals surface area contributed by atoms with Crippen LogP contribution in [0.15, 0.2) is 42.6 Å². The molecule has 1 aliphatic carbocycles. The Hall–Kier alpha value is -2.20. The standard InChI is InChI=1S/C20H24N2O2/c1-2-12-22(14-19-18(20(23)24)8-5-11-21-19)17-10-9-15-6-3-4-7-16(15)13-17/h3-8,11,17H,2,9-10,12-14H2,1H3,(H,23,24). The van der Waals surface area contributed by atoms with Crippen LogP contribution in [0.25, 0.3) is 0 Å². The minimum atomic E-state index is -0.900. The largest absolute Gasteiger partial charge is 0.478 e. The Kier molecular flexibility index (Phi) is 5.26. The van der Waals surface area contributed by atoms with Crippen molar-refractivity contribution in [2.75, 3.05) is 6.54 Å². The summed E-state index contributed by atoms with van der Waals surface area (Å²) in [6, 6.07) is 12.4. The van der Waals surface area contributed by atoms with Crippen molar-refractivity contribution >= 4 is 5.97 Å². The number of rotatable bonds is 6. The fraction of sp³-hybridized carbons (Fsp3) is 0.400. The number of hydrogen-bond acceptors (Lipinski definition) is 3. The molecule has 1 unspecified atom stereocenters. The van der Waals surface area contributed by atoms with Crippen molar-refractivity contribution in [1.82, 2.24) is 9.88 Å². The number of carboxylic acid groups (broad SMARTS) is 1. The molecule has 0 amide bonds. The third kappa shape index (κ3) is 3.65. The first-order valence-corrected chi connectivity index (χ1v) is 8.67. The van der Waals surface area contributed by atoms with Crippen LogP contribution in [-0.2, 0) is 19.4 Å². The molecular weight excluding hydrogens is 300 g/mol. The highest BCUT2D eigenvalue weighted by molar-refractivity contribution is 5.88. The molecule has 1 aromatic heterocycles. The third-order valence-electron chi connectivity index (χ3n) is 4.82. The van der Waals surface area contributed by atoms with Crippen LogP contribution in [0.4, 0.5) is 0 Å². The van der Waals surface area contributed by atoms with Crippen LogP contribution < -0.4 is 0 Å². The van der Waals surface area contributed by atoms with Gasteiger partial charge in [0.25, 0.3) is 0 Å². The summed E-state index contributed by atoms with van der Waals surface area (Å²) in [6.45, 7) is 3.73. The fourth-order valence-corrected chi connectivity index (χ4v) is 3.62. The van der Waals surface area contributed by atoms with Gasteiger partial charge in [-0.2, -0.15) is 0 Å². The average molecular weight is 324 g/mol. The van der Waals surface area contributed by atoms with Crippen LogP contribution >= 0.6 is 0 Å². The molecule has 1 atom stereocenters. The van der Waals surface area contributed by atoms with E-state index in [1.54, 1.807) is 18.3 Å². The fourth-order valence-electron chi connectivity index (χ4n) is 3.62. The molecule has 3 rings (SSSR count). The normalized spacial score (nSPS) is 16.8. The van der Waals surface area contributed by atoms with Gasteiger partial charge in [0.15, 0.2) is 0 Å². The number of aryl methyl sites for hydroxylation is 1. The highest BCUT2D eigenvalue weighted by atomic mass is 16.4. The van der Waals surface area contributed by atoms with Crippen molar-refractivity contribution in [2.24, 2.45) is 0 Å². The van der Waals surface area contributed by atoms with E-state index in [1.165, 1.54) is 11.1 Å². The minimum Gasteiger partial charge on any atom is -0.478 e. The summed E-state index contributed by atoms with van der Waals surface area (Å²) in [4.78, 5) is 18.2. The zero-order valence-electron chi connectivity index (χ0n) is 14.1. The summed E-state index contributed by atoms with van der Waals surface area (Å²) < 4.78 is 0. The van der Waals surface area contributed by atoms with E-state index in [0.29, 0.717) is 23.8 Å². The number of aromatic carboxylic acids is 1. The van der Waals surface area contributed by atoms with Gasteiger partial charge in [-0.05, 0) is 55.5 Å². The zero-order chi connectivity index (χ0) is 16.9. The minimum absolute atomic E-state index is 0.315. The molecule has 0 spiro atoms. The van der Waals surface area contributed by atoms with E-state index >= 15 is 0 Å². The van der Waals surface area contributed by atoms with E-state index in [-0.39, 0.29) is 0 Å². The summed E-state index contributed by atoms with van der Waals surface area (Å²) in [7, 11) is 0. The molecule has 4 nitrogen and oxygen atoms in total. The summed E-state index contributed by atoms with van der Waals surface area (Å²) in [5.41, 5.74) is 3.86. The number of benzene rings is 1. The van der Waals surface area contributed by atoms with Crippen molar-refractivity contribution in [2.45, 2.75) is 45.2 Å². The summed E-state index contributed by atoms with van der Waals surface area (Å²) in [5, 5.41) is 9.39. The molecule has 2 aromatic rings. The predicted molar refractivity (Wildman–Crippen MR) is 94.2 cm³/mol. The number of carboxylic acids is 1. The molecule has 126 valence electrons. The lowest BCUT2D eigenvalue weighted by Gasteiger charge is -2.35. The number of nitrogens with zero attached hydrogens (tertiary/aromatic N) is 2. The highest BCUT2D eigenvalue weighted by Gasteiger charge is 2.25. The first kappa shape index (κ1) is 16.7. The van der Waals surface area contributed by atoms with Crippen LogP contribution in [0.2, 0.25) is 0 Å². The monoisotopic (exact) mass is 324 g/mol. The maximum atomic E-state index is 11.4. The van der Waals surface area contributed by atoms with Gasteiger partial charge in [0.2, 0.25) is 0 Å². The topological polar surface area (TPSA) is 53.4 Å². The Bertz CT molecular complexity index is 714. The lowest BCUT2D eigenvalue weighted by Crippen LogP contribution is -2.40. The maximum Gasteiger partial charge on any atom is 0.337 e. The lowest BCUT2D eigenvalue weighted by atomic mass is 9.87. The Morgan fingerprint density at radius 2 is 2.04 bits per heavy atom. The molecule has 0 aliphatic heterocycles. The van der Waals surface area contributed by atoms with E-state index in [2.05, 4.69) is 41.1 Å². The van der Waals surface area contributed by atoms with Gasteiger partial charge < -0.3 is 5.11 Å². The van der Waals surface area contributed by atoms with E-state index in [0.717, 1.165) is 32.2 Å². The van der Waals surface area contributed by atoms with E-state index in [1.807, 2.05) is 0 Å². The van der Waals surface area contributed by atoms with Gasteiger partial charge >= 0.3 is 5.97 Å². The first-order valence-electron chi connectivity index (χ1n) is 8.67. The van der Waals surface area contributed by atoms with Crippen LogP contribution in [-0.4, -0.2) is 33.5 Å². The predicted octanol–water partition coefficient (Wildman–Crippen LogP) is 3.55. The van der Waals surface area contributed by atoms with E-state index in [9.17, 15) is 9.90 Å². The van der Waals surface area contributed by atoms with Crippen LogP contribution in [0.1, 0.15) is 46.9 Å². The van der Waals surface area contributed by atoms with Crippen LogP contribution in [0.3, 0.4) is 0 Å². The van der Waals surface area contributed by atoms with Crippen molar-refractivity contribution in [3.8, 4) is 0 Å². The van der Waals surface area contributed by atoms with E-state index < -0.39 is 5.97 Å². The molecule has 1 heterocycles. The molecule has 1 aliphatic rings. The quantitative estimate of drug-likeness (QED) is 0.883. The van der Waals surface area contributed by atoms with Crippen LogP contribution in [0, 0.1) is 0 Å². The SMILES string of the molecule is CCCN(Cc1ncccc1C(=O)O)C1CCc2ccccc2C1. The number of aromatic nitrogens is 1. The Morgan fingerprint density at radius 3 is 2.79 bits per heavy atom. The second-order valence-corrected chi connectivity index (χ2v) is 6.44. The summed E-state index contributed by atoms with van der Waals surface area (Å²) in [5.74, 6) is -0.900. The van der Waals surface area contributed by atoms with Gasteiger partial charge in [0.05, 0.1) is 11.3 Å². The average Bonchev–Trinajstić information content (AvgIpc) is 2.61. The van der Waals surface area contributed by atoms with Gasteiger partial charge in [0, 0.05) is 18.8 Å². The van der Waals surface area contributed by atoms with Gasteiger partial charge in [-0.3, -0.25) is 9.88 Å². The maximum absolute atomic E-state index is 11.4. The molecule has 0 bridgehead atoms. The van der Waals surface area contributed by atoms with Crippen molar-refractivity contribution < 1.29 is 9.90 Å². The van der Waals surface area contributed by atoms with Gasteiger partial charge in [-0.25, -0.2) is 4.79 Å². The number of hydrogen-bond donors (Lipinski definition) is 1. The Balaban J connectivity index is 1.80. The highest BCUT2D eigenvalue weighted by Crippen LogP contribution is 2.26. The first-order chi connectivity index (χ1) is 11.7. The molecule has 4 heteroatoms. The molecule has 0 fully saturated rings.